The fourth-order valence-corrected chi connectivity index (χ4v) is 3.98. The Balaban J connectivity index is 1.84. The number of hydrogen-bond donors (Lipinski definition) is 0. The Bertz CT molecular complexity index is 918. The summed E-state index contributed by atoms with van der Waals surface area (Å²) in [5.41, 5.74) is 5.13. The van der Waals surface area contributed by atoms with Gasteiger partial charge in [0, 0.05) is 43.7 Å². The van der Waals surface area contributed by atoms with Gasteiger partial charge in [0.2, 0.25) is 0 Å². The van der Waals surface area contributed by atoms with Gasteiger partial charge in [-0.2, -0.15) is 0 Å². The van der Waals surface area contributed by atoms with Crippen LogP contribution in [0.4, 0.5) is 5.69 Å². The number of fused-ring (bicyclic) bond motifs is 1. The second-order valence-corrected chi connectivity index (χ2v) is 9.97. The molecule has 0 spiro atoms. The maximum atomic E-state index is 12.6. The Morgan fingerprint density at radius 3 is 2.61 bits per heavy atom. The highest BCUT2D eigenvalue weighted by Gasteiger charge is 2.23. The molecule has 0 atom stereocenters. The number of nitrogens with zero attached hydrogens (tertiary/aromatic N) is 4. The number of likely N-dealkylation sites (N-methyl/N-ethyl adjacent to an activating group) is 2. The minimum absolute atomic E-state index is 0.000215. The van der Waals surface area contributed by atoms with Crippen LogP contribution in [-0.4, -0.2) is 61.5 Å². The lowest BCUT2D eigenvalue weighted by Crippen LogP contribution is -2.29. The van der Waals surface area contributed by atoms with E-state index in [2.05, 4.69) is 41.6 Å². The van der Waals surface area contributed by atoms with E-state index < -0.39 is 0 Å². The van der Waals surface area contributed by atoms with Gasteiger partial charge < -0.3 is 14.5 Å². The van der Waals surface area contributed by atoms with Crippen molar-refractivity contribution in [2.45, 2.75) is 46.5 Å². The molecule has 3 rings (SSSR count). The van der Waals surface area contributed by atoms with Gasteiger partial charge >= 0.3 is 0 Å². The van der Waals surface area contributed by atoms with Crippen LogP contribution in [0.3, 0.4) is 0 Å². The highest BCUT2D eigenvalue weighted by atomic mass is 16.5. The molecular formula is C25H36N4O2. The summed E-state index contributed by atoms with van der Waals surface area (Å²) < 4.78 is 5.88. The Morgan fingerprint density at radius 1 is 1.13 bits per heavy atom. The highest BCUT2D eigenvalue weighted by molar-refractivity contribution is 5.84. The predicted octanol–water partition coefficient (Wildman–Crippen LogP) is 4.01. The summed E-state index contributed by atoms with van der Waals surface area (Å²) in [4.78, 5) is 26.2. The zero-order valence-corrected chi connectivity index (χ0v) is 19.9. The normalized spacial score (nSPS) is 13.4. The van der Waals surface area contributed by atoms with Gasteiger partial charge in [0.25, 0.3) is 0 Å². The van der Waals surface area contributed by atoms with Crippen LogP contribution in [0.5, 0.6) is 5.75 Å². The highest BCUT2D eigenvalue weighted by Crippen LogP contribution is 2.34. The number of aryl methyl sites for hydroxylation is 1. The summed E-state index contributed by atoms with van der Waals surface area (Å²) in [5, 5.41) is 0. The van der Waals surface area contributed by atoms with Crippen molar-refractivity contribution in [3.63, 3.8) is 0 Å². The van der Waals surface area contributed by atoms with E-state index in [0.717, 1.165) is 54.3 Å². The van der Waals surface area contributed by atoms with Crippen molar-refractivity contribution in [3.8, 4) is 17.1 Å². The van der Waals surface area contributed by atoms with Crippen molar-refractivity contribution in [2.75, 3.05) is 45.7 Å². The van der Waals surface area contributed by atoms with Crippen LogP contribution >= 0.6 is 0 Å². The number of rotatable bonds is 9. The lowest BCUT2D eigenvalue weighted by atomic mass is 9.90. The Morgan fingerprint density at radius 2 is 1.90 bits per heavy atom. The van der Waals surface area contributed by atoms with Crippen LogP contribution in [0.15, 0.2) is 24.4 Å². The molecule has 0 bridgehead atoms. The molecule has 0 amide bonds. The number of anilines is 1. The molecule has 0 aromatic carbocycles. The average Bonchev–Trinajstić information content (AvgIpc) is 3.14. The molecule has 0 fully saturated rings. The van der Waals surface area contributed by atoms with E-state index in [1.165, 1.54) is 5.56 Å². The van der Waals surface area contributed by atoms with Crippen LogP contribution in [0, 0.1) is 5.41 Å². The van der Waals surface area contributed by atoms with Gasteiger partial charge in [-0.3, -0.25) is 14.8 Å². The third-order valence-corrected chi connectivity index (χ3v) is 5.38. The molecule has 0 aliphatic heterocycles. The van der Waals surface area contributed by atoms with Gasteiger partial charge in [0.1, 0.15) is 12.4 Å². The molecule has 1 aliphatic carbocycles. The number of ketones is 1. The number of ether oxygens (including phenoxy) is 1. The largest absolute Gasteiger partial charge is 0.492 e. The molecule has 2 aromatic heterocycles. The Labute approximate surface area is 186 Å². The van der Waals surface area contributed by atoms with Crippen LogP contribution < -0.4 is 9.64 Å². The minimum Gasteiger partial charge on any atom is -0.492 e. The van der Waals surface area contributed by atoms with Crippen LogP contribution in [0.2, 0.25) is 0 Å². The topological polar surface area (TPSA) is 58.6 Å². The van der Waals surface area contributed by atoms with Gasteiger partial charge in [0.05, 0.1) is 17.9 Å². The zero-order valence-electron chi connectivity index (χ0n) is 19.9. The second-order valence-electron chi connectivity index (χ2n) is 9.97. The number of Topliss-reactive ketones (excluding diaryl/α,β-unsaturated/α-hetero) is 1. The number of carbonyl (C=O) groups is 1. The molecule has 0 saturated heterocycles. The molecule has 1 aliphatic rings. The number of aromatic nitrogens is 2. The van der Waals surface area contributed by atoms with E-state index in [0.29, 0.717) is 19.6 Å². The van der Waals surface area contributed by atoms with Crippen LogP contribution in [0.25, 0.3) is 11.4 Å². The van der Waals surface area contributed by atoms with Crippen molar-refractivity contribution in [1.82, 2.24) is 14.9 Å². The molecule has 2 heterocycles. The fraction of sp³-hybridized carbons (Fsp3) is 0.560. The minimum atomic E-state index is 0.000215. The Hall–Kier alpha value is -2.47. The van der Waals surface area contributed by atoms with Gasteiger partial charge in [-0.25, -0.2) is 0 Å². The maximum Gasteiger partial charge on any atom is 0.152 e. The predicted molar refractivity (Wildman–Crippen MR) is 126 cm³/mol. The third-order valence-electron chi connectivity index (χ3n) is 5.38. The summed E-state index contributed by atoms with van der Waals surface area (Å²) >= 11 is 0. The molecule has 0 unspecified atom stereocenters. The van der Waals surface area contributed by atoms with Gasteiger partial charge in [0.15, 0.2) is 5.78 Å². The smallest absolute Gasteiger partial charge is 0.152 e. The third kappa shape index (κ3) is 6.50. The van der Waals surface area contributed by atoms with E-state index in [4.69, 9.17) is 9.72 Å². The standard InChI is InChI=1S/C25H36N4O2/c1-25(2,3)16-18(30)17-29(6)24-15-23(27-21-9-7-8-20(21)24)22-14-19(10-11-26-22)31-13-12-28(4)5/h10-11,14-15H,7-9,12-13,16-17H2,1-6H3. The van der Waals surface area contributed by atoms with Gasteiger partial charge in [-0.1, -0.05) is 20.8 Å². The quantitative estimate of drug-likeness (QED) is 0.606. The average molecular weight is 425 g/mol. The second kappa shape index (κ2) is 9.77. The Kier molecular flexibility index (Phi) is 7.31. The molecule has 0 N–H and O–H groups in total. The van der Waals surface area contributed by atoms with Crippen LogP contribution in [-0.2, 0) is 17.6 Å². The monoisotopic (exact) mass is 424 g/mol. The summed E-state index contributed by atoms with van der Waals surface area (Å²) in [6.45, 7) is 8.20. The SMILES string of the molecule is CN(C)CCOc1ccnc(-c2cc(N(C)CC(=O)CC(C)(C)C)c3c(n2)CCC3)c1. The van der Waals surface area contributed by atoms with Crippen LogP contribution in [0.1, 0.15) is 44.9 Å². The number of carbonyl (C=O) groups excluding carboxylic acids is 1. The lowest BCUT2D eigenvalue weighted by Gasteiger charge is -2.24. The van der Waals surface area contributed by atoms with Crippen molar-refractivity contribution in [3.05, 3.63) is 35.7 Å². The van der Waals surface area contributed by atoms with E-state index in [9.17, 15) is 4.79 Å². The van der Waals surface area contributed by atoms with E-state index in [-0.39, 0.29) is 11.2 Å². The number of pyridine rings is 2. The summed E-state index contributed by atoms with van der Waals surface area (Å²) in [6.07, 6.45) is 5.43. The zero-order chi connectivity index (χ0) is 22.6. The number of hydrogen-bond acceptors (Lipinski definition) is 6. The molecule has 0 radical (unpaired) electrons. The molecule has 6 nitrogen and oxygen atoms in total. The van der Waals surface area contributed by atoms with E-state index in [1.54, 1.807) is 6.20 Å². The maximum absolute atomic E-state index is 12.6. The van der Waals surface area contributed by atoms with Crippen molar-refractivity contribution in [2.24, 2.45) is 5.41 Å². The summed E-state index contributed by atoms with van der Waals surface area (Å²) in [7, 11) is 6.06. The molecular weight excluding hydrogens is 388 g/mol. The summed E-state index contributed by atoms with van der Waals surface area (Å²) in [6, 6.07) is 5.92. The molecule has 2 aromatic rings. The molecule has 31 heavy (non-hydrogen) atoms. The van der Waals surface area contributed by atoms with Crippen molar-refractivity contribution >= 4 is 11.5 Å². The van der Waals surface area contributed by atoms with Crippen molar-refractivity contribution in [1.29, 1.82) is 0 Å². The molecule has 168 valence electrons. The first-order chi connectivity index (χ1) is 14.6. The van der Waals surface area contributed by atoms with E-state index in [1.807, 2.05) is 33.3 Å². The van der Waals surface area contributed by atoms with E-state index >= 15 is 0 Å². The lowest BCUT2D eigenvalue weighted by molar-refractivity contribution is -0.119. The summed E-state index contributed by atoms with van der Waals surface area (Å²) in [5.74, 6) is 1.05. The first-order valence-electron chi connectivity index (χ1n) is 11.1. The van der Waals surface area contributed by atoms with Gasteiger partial charge in [-0.05, 0) is 56.5 Å². The first-order valence-corrected chi connectivity index (χ1v) is 11.1. The molecule has 6 heteroatoms. The molecule has 0 saturated carbocycles. The van der Waals surface area contributed by atoms with Gasteiger partial charge in [-0.15, -0.1) is 0 Å². The first kappa shape index (κ1) is 23.2. The van der Waals surface area contributed by atoms with Crippen molar-refractivity contribution < 1.29 is 9.53 Å². The fourth-order valence-electron chi connectivity index (χ4n) is 3.98.